The standard InChI is InChI=1S/C38H53IN2O15S4/c1-36(2,20-22-42)41-32-17-15-28(60(54,55)56)26-30(32)38(4,19-10-24-58(48,49)50)34(41)12-8-11-33(40-21-7-5-6-13-35(43)44)37(3,18-9-23-57(45,46)47)29-25-27(59(51,52)53)14-16-31(29)39/h8,11-12,14-17,25-26,42H,5-7,9-10,13,18-24H2,1-4H3,(H,43,44)(H,45,46,47)(H,48,49,50)(H,51,52,53)(H,54,55,56)/b11-8+,34-12+,40-33?. The van der Waals surface area contributed by atoms with E-state index in [-0.39, 0.29) is 51.7 Å². The number of hydrogen-bond acceptors (Lipinski definition) is 12. The molecule has 0 saturated heterocycles. The van der Waals surface area contributed by atoms with Crippen LogP contribution >= 0.6 is 22.6 Å². The Morgan fingerprint density at radius 1 is 0.817 bits per heavy atom. The van der Waals surface area contributed by atoms with E-state index < -0.39 is 84.1 Å². The maximum atomic E-state index is 12.4. The number of unbranched alkanes of at least 4 members (excludes halogenated alkanes) is 2. The number of aliphatic carboxylic acids is 1. The fourth-order valence-corrected chi connectivity index (χ4v) is 10.5. The number of carboxylic acids is 1. The lowest BCUT2D eigenvalue weighted by atomic mass is 9.74. The molecule has 2 unspecified atom stereocenters. The minimum Gasteiger partial charge on any atom is -0.481 e. The van der Waals surface area contributed by atoms with Gasteiger partial charge in [0.1, 0.15) is 0 Å². The Balaban J connectivity index is 2.39. The summed E-state index contributed by atoms with van der Waals surface area (Å²) >= 11 is 1.97. The molecule has 0 radical (unpaired) electrons. The molecule has 0 spiro atoms. The van der Waals surface area contributed by atoms with Crippen LogP contribution in [0.1, 0.15) is 96.6 Å². The highest BCUT2D eigenvalue weighted by Gasteiger charge is 2.48. The number of anilines is 1. The van der Waals surface area contributed by atoms with Crippen molar-refractivity contribution in [2.75, 3.05) is 29.6 Å². The molecule has 22 heteroatoms. The van der Waals surface area contributed by atoms with Crippen LogP contribution < -0.4 is 4.90 Å². The van der Waals surface area contributed by atoms with Crippen molar-refractivity contribution in [1.82, 2.24) is 0 Å². The number of rotatable bonds is 23. The van der Waals surface area contributed by atoms with Crippen molar-refractivity contribution >= 4 is 80.4 Å². The van der Waals surface area contributed by atoms with Crippen molar-refractivity contribution in [3.63, 3.8) is 0 Å². The van der Waals surface area contributed by atoms with Crippen molar-refractivity contribution in [3.05, 3.63) is 75.0 Å². The number of aliphatic hydroxyl groups excluding tert-OH is 1. The van der Waals surface area contributed by atoms with Crippen LogP contribution in [0.4, 0.5) is 5.69 Å². The van der Waals surface area contributed by atoms with Crippen molar-refractivity contribution < 1.29 is 66.9 Å². The molecule has 0 saturated carbocycles. The van der Waals surface area contributed by atoms with Crippen molar-refractivity contribution in [2.45, 2.75) is 112 Å². The summed E-state index contributed by atoms with van der Waals surface area (Å²) in [6.07, 6.45) is 6.19. The number of aliphatic hydroxyl groups is 1. The van der Waals surface area contributed by atoms with Gasteiger partial charge in [0, 0.05) is 56.6 Å². The molecular weight excluding hydrogens is 980 g/mol. The molecule has 2 atom stereocenters. The van der Waals surface area contributed by atoms with Crippen molar-refractivity contribution in [2.24, 2.45) is 4.99 Å². The highest BCUT2D eigenvalue weighted by molar-refractivity contribution is 14.1. The average Bonchev–Trinajstić information content (AvgIpc) is 3.34. The Morgan fingerprint density at radius 2 is 1.40 bits per heavy atom. The second-order valence-corrected chi connectivity index (χ2v) is 22.9. The monoisotopic (exact) mass is 1030 g/mol. The topological polar surface area (TPSA) is 291 Å². The van der Waals surface area contributed by atoms with Gasteiger partial charge in [-0.15, -0.1) is 0 Å². The Morgan fingerprint density at radius 3 is 1.97 bits per heavy atom. The van der Waals surface area contributed by atoms with Gasteiger partial charge in [-0.3, -0.25) is 28.0 Å². The Kier molecular flexibility index (Phi) is 17.3. The first-order chi connectivity index (χ1) is 27.5. The summed E-state index contributed by atoms with van der Waals surface area (Å²) in [4.78, 5) is 17.0. The Labute approximate surface area is 366 Å². The summed E-state index contributed by atoms with van der Waals surface area (Å²) in [5, 5.41) is 19.2. The van der Waals surface area contributed by atoms with E-state index in [1.165, 1.54) is 36.4 Å². The van der Waals surface area contributed by atoms with E-state index in [2.05, 4.69) is 0 Å². The highest BCUT2D eigenvalue weighted by atomic mass is 127. The van der Waals surface area contributed by atoms with Gasteiger partial charge in [-0.1, -0.05) is 12.5 Å². The average molecular weight is 1030 g/mol. The smallest absolute Gasteiger partial charge is 0.303 e. The second kappa shape index (κ2) is 20.1. The van der Waals surface area contributed by atoms with Crippen molar-refractivity contribution in [3.8, 4) is 0 Å². The van der Waals surface area contributed by atoms with E-state index >= 15 is 0 Å². The third-order valence-electron chi connectivity index (χ3n) is 10.6. The fraction of sp³-hybridized carbons (Fsp3) is 0.526. The molecule has 3 rings (SSSR count). The van der Waals surface area contributed by atoms with Gasteiger partial charge in [0.25, 0.3) is 40.5 Å². The van der Waals surface area contributed by atoms with E-state index in [0.29, 0.717) is 51.1 Å². The predicted molar refractivity (Wildman–Crippen MR) is 235 cm³/mol. The normalized spacial score (nSPS) is 18.6. The zero-order valence-electron chi connectivity index (χ0n) is 33.7. The van der Waals surface area contributed by atoms with Gasteiger partial charge >= 0.3 is 5.97 Å². The third kappa shape index (κ3) is 13.8. The molecule has 1 heterocycles. The quantitative estimate of drug-likeness (QED) is 0.0330. The van der Waals surface area contributed by atoms with Crippen LogP contribution in [0.15, 0.2) is 75.1 Å². The molecule has 1 aliphatic heterocycles. The zero-order valence-corrected chi connectivity index (χ0v) is 39.1. The molecular formula is C38H53IN2O15S4. The molecule has 0 amide bonds. The minimum atomic E-state index is -4.71. The summed E-state index contributed by atoms with van der Waals surface area (Å²) in [5.74, 6) is -2.22. The lowest BCUT2D eigenvalue weighted by Gasteiger charge is -2.41. The lowest BCUT2D eigenvalue weighted by Crippen LogP contribution is -2.45. The number of aliphatic imine (C=N–C) groups is 1. The SMILES string of the molecule is CC(CCCS(=O)(=O)O)(C(/C=C/C=C1/N(C(C)(C)CCO)c2ccc(S(=O)(=O)O)cc2C1(C)CCCS(=O)(=O)O)=NCCCCCC(=O)O)c1cc(S(=O)(=O)O)ccc1I. The van der Waals surface area contributed by atoms with E-state index in [0.717, 1.165) is 0 Å². The number of halogens is 1. The van der Waals surface area contributed by atoms with Crippen LogP contribution in [0.25, 0.3) is 0 Å². The minimum absolute atomic E-state index is 0.0106. The van der Waals surface area contributed by atoms with Gasteiger partial charge in [0.2, 0.25) is 0 Å². The number of carboxylic acid groups (broad SMARTS) is 1. The number of nitrogens with zero attached hydrogens (tertiary/aromatic N) is 2. The van der Waals surface area contributed by atoms with Gasteiger partial charge in [0.15, 0.2) is 0 Å². The molecule has 1 aliphatic rings. The molecule has 0 bridgehead atoms. The molecule has 0 aliphatic carbocycles. The van der Waals surface area contributed by atoms with Gasteiger partial charge in [0.05, 0.1) is 21.3 Å². The lowest BCUT2D eigenvalue weighted by molar-refractivity contribution is -0.137. The summed E-state index contributed by atoms with van der Waals surface area (Å²) in [6, 6.07) is 7.93. The Hall–Kier alpha value is -2.81. The van der Waals surface area contributed by atoms with Gasteiger partial charge in [-0.25, -0.2) is 0 Å². The first kappa shape index (κ1) is 51.5. The summed E-state index contributed by atoms with van der Waals surface area (Å²) < 4.78 is 137. The first-order valence-corrected chi connectivity index (χ1v) is 26.0. The van der Waals surface area contributed by atoms with Crippen LogP contribution in [0.3, 0.4) is 0 Å². The third-order valence-corrected chi connectivity index (χ3v) is 14.9. The summed E-state index contributed by atoms with van der Waals surface area (Å²) in [5.41, 5.74) is -1.30. The fourth-order valence-electron chi connectivity index (χ4n) is 7.50. The molecule has 2 aromatic rings. The number of carbonyl (C=O) groups is 1. The molecule has 60 heavy (non-hydrogen) atoms. The van der Waals surface area contributed by atoms with E-state index in [1.54, 1.807) is 32.1 Å². The molecule has 0 aromatic heterocycles. The van der Waals surface area contributed by atoms with E-state index in [9.17, 15) is 61.8 Å². The second-order valence-electron chi connectivity index (χ2n) is 15.7. The number of allylic oxidation sites excluding steroid dienone is 4. The van der Waals surface area contributed by atoms with Crippen LogP contribution in [0.2, 0.25) is 0 Å². The van der Waals surface area contributed by atoms with Gasteiger partial charge in [-0.2, -0.15) is 33.7 Å². The number of fused-ring (bicyclic) bond motifs is 1. The van der Waals surface area contributed by atoms with Crippen LogP contribution in [-0.2, 0) is 56.1 Å². The van der Waals surface area contributed by atoms with E-state index in [4.69, 9.17) is 10.1 Å². The number of hydrogen-bond donors (Lipinski definition) is 6. The molecule has 17 nitrogen and oxygen atoms in total. The first-order valence-electron chi connectivity index (χ1n) is 18.8. The molecule has 0 fully saturated rings. The van der Waals surface area contributed by atoms with Gasteiger partial charge < -0.3 is 15.1 Å². The van der Waals surface area contributed by atoms with Crippen LogP contribution in [0.5, 0.6) is 0 Å². The molecule has 2 aromatic carbocycles. The molecule has 336 valence electrons. The van der Waals surface area contributed by atoms with Crippen molar-refractivity contribution in [1.29, 1.82) is 0 Å². The largest absolute Gasteiger partial charge is 0.481 e. The van der Waals surface area contributed by atoms with E-state index in [1.807, 2.05) is 41.3 Å². The van der Waals surface area contributed by atoms with Crippen LogP contribution in [-0.4, -0.2) is 104 Å². The summed E-state index contributed by atoms with van der Waals surface area (Å²) in [6.45, 7) is 7.01. The van der Waals surface area contributed by atoms with Gasteiger partial charge in [-0.05, 0) is 155 Å². The Bertz CT molecular complexity index is 2450. The predicted octanol–water partition coefficient (Wildman–Crippen LogP) is 5.84. The van der Waals surface area contributed by atoms with Crippen LogP contribution in [0, 0.1) is 3.57 Å². The molecule has 6 N–H and O–H groups in total. The maximum absolute atomic E-state index is 12.4. The maximum Gasteiger partial charge on any atom is 0.303 e. The highest BCUT2D eigenvalue weighted by Crippen LogP contribution is 2.54. The zero-order chi connectivity index (χ0) is 45.5. The summed E-state index contributed by atoms with van der Waals surface area (Å²) in [7, 11) is -18.3. The number of benzene rings is 2.